The number of hydrogen-bond acceptors (Lipinski definition) is 6. The zero-order valence-corrected chi connectivity index (χ0v) is 11.5. The Balaban J connectivity index is 2.30. The van der Waals surface area contributed by atoms with Crippen LogP contribution in [0, 0.1) is 0 Å². The summed E-state index contributed by atoms with van der Waals surface area (Å²) in [5, 5.41) is 8.79. The third kappa shape index (κ3) is 3.19. The third-order valence-electron chi connectivity index (χ3n) is 1.96. The molecule has 0 aliphatic carbocycles. The summed E-state index contributed by atoms with van der Waals surface area (Å²) in [4.78, 5) is 18.0. The molecule has 2 aromatic rings. The maximum atomic E-state index is 11.9. The molecule has 19 heavy (non-hydrogen) atoms. The van der Waals surface area contributed by atoms with E-state index in [9.17, 15) is 13.2 Å². The summed E-state index contributed by atoms with van der Waals surface area (Å²) >= 11 is 6.35. The van der Waals surface area contributed by atoms with Gasteiger partial charge in [-0.25, -0.2) is 18.2 Å². The van der Waals surface area contributed by atoms with Gasteiger partial charge >= 0.3 is 5.97 Å². The standard InChI is InChI=1S/C9H6ClN3O4S2/c10-9-12-4-7(18-9)19(16,17)13-6-1-5(8(14)15)2-11-3-6/h1-4,13H,(H,14,15). The molecule has 10 heteroatoms. The summed E-state index contributed by atoms with van der Waals surface area (Å²) < 4.78 is 26.1. The molecule has 2 rings (SSSR count). The van der Waals surface area contributed by atoms with Crippen molar-refractivity contribution in [3.8, 4) is 0 Å². The van der Waals surface area contributed by atoms with Crippen LogP contribution in [0.5, 0.6) is 0 Å². The zero-order valence-electron chi connectivity index (χ0n) is 9.07. The fourth-order valence-electron chi connectivity index (χ4n) is 1.18. The van der Waals surface area contributed by atoms with Gasteiger partial charge in [-0.3, -0.25) is 9.71 Å². The van der Waals surface area contributed by atoms with Crippen molar-refractivity contribution in [1.82, 2.24) is 9.97 Å². The van der Waals surface area contributed by atoms with Gasteiger partial charge in [0.2, 0.25) is 0 Å². The molecular weight excluding hydrogens is 314 g/mol. The van der Waals surface area contributed by atoms with Crippen molar-refractivity contribution in [3.05, 3.63) is 34.7 Å². The maximum Gasteiger partial charge on any atom is 0.337 e. The number of nitrogens with zero attached hydrogens (tertiary/aromatic N) is 2. The lowest BCUT2D eigenvalue weighted by molar-refractivity contribution is 0.0696. The van der Waals surface area contributed by atoms with Crippen molar-refractivity contribution in [1.29, 1.82) is 0 Å². The molecule has 2 aromatic heterocycles. The van der Waals surface area contributed by atoms with Gasteiger partial charge in [-0.15, -0.1) is 0 Å². The van der Waals surface area contributed by atoms with Crippen LogP contribution in [-0.2, 0) is 10.0 Å². The molecule has 0 aromatic carbocycles. The highest BCUT2D eigenvalue weighted by Crippen LogP contribution is 2.24. The summed E-state index contributed by atoms with van der Waals surface area (Å²) in [7, 11) is -3.85. The summed E-state index contributed by atoms with van der Waals surface area (Å²) in [6, 6.07) is 1.16. The van der Waals surface area contributed by atoms with Crippen molar-refractivity contribution in [2.75, 3.05) is 4.72 Å². The molecule has 0 aliphatic rings. The average Bonchev–Trinajstić information content (AvgIpc) is 2.76. The molecule has 0 spiro atoms. The number of aromatic carboxylic acids is 1. The van der Waals surface area contributed by atoms with Gasteiger partial charge in [0, 0.05) is 6.20 Å². The molecule has 100 valence electrons. The Kier molecular flexibility index (Phi) is 3.69. The molecule has 2 N–H and O–H groups in total. The Morgan fingerprint density at radius 1 is 1.37 bits per heavy atom. The smallest absolute Gasteiger partial charge is 0.337 e. The topological polar surface area (TPSA) is 109 Å². The van der Waals surface area contributed by atoms with E-state index in [-0.39, 0.29) is 19.9 Å². The number of carboxylic acid groups (broad SMARTS) is 1. The van der Waals surface area contributed by atoms with E-state index < -0.39 is 16.0 Å². The van der Waals surface area contributed by atoms with E-state index in [0.29, 0.717) is 0 Å². The lowest BCUT2D eigenvalue weighted by atomic mass is 10.3. The second-order valence-electron chi connectivity index (χ2n) is 3.31. The molecule has 0 aliphatic heterocycles. The number of carbonyl (C=O) groups is 1. The Bertz CT molecular complexity index is 729. The van der Waals surface area contributed by atoms with Gasteiger partial charge in [-0.05, 0) is 6.07 Å². The first-order valence-corrected chi connectivity index (χ1v) is 7.39. The Hall–Kier alpha value is -1.71. The fraction of sp³-hybridized carbons (Fsp3) is 0. The summed E-state index contributed by atoms with van der Waals surface area (Å²) in [6.45, 7) is 0. The van der Waals surface area contributed by atoms with E-state index in [1.54, 1.807) is 0 Å². The second-order valence-corrected chi connectivity index (χ2v) is 6.83. The number of aromatic nitrogens is 2. The van der Waals surface area contributed by atoms with E-state index in [0.717, 1.165) is 29.8 Å². The quantitative estimate of drug-likeness (QED) is 0.887. The number of rotatable bonds is 4. The van der Waals surface area contributed by atoms with Gasteiger partial charge in [0.05, 0.1) is 23.6 Å². The van der Waals surface area contributed by atoms with Gasteiger partial charge < -0.3 is 5.11 Å². The first kappa shape index (κ1) is 13.7. The SMILES string of the molecule is O=C(O)c1cncc(NS(=O)(=O)c2cnc(Cl)s2)c1. The average molecular weight is 320 g/mol. The van der Waals surface area contributed by atoms with E-state index >= 15 is 0 Å². The van der Waals surface area contributed by atoms with Crippen LogP contribution in [0.3, 0.4) is 0 Å². The van der Waals surface area contributed by atoms with Crippen molar-refractivity contribution in [2.45, 2.75) is 4.21 Å². The number of carboxylic acids is 1. The van der Waals surface area contributed by atoms with Crippen LogP contribution in [-0.4, -0.2) is 29.5 Å². The largest absolute Gasteiger partial charge is 0.478 e. The highest BCUT2D eigenvalue weighted by Gasteiger charge is 2.18. The van der Waals surface area contributed by atoms with E-state index in [1.807, 2.05) is 0 Å². The number of hydrogen-bond donors (Lipinski definition) is 2. The number of pyridine rings is 1. The lowest BCUT2D eigenvalue weighted by Crippen LogP contribution is -2.12. The van der Waals surface area contributed by atoms with Crippen LogP contribution in [0.15, 0.2) is 28.9 Å². The molecule has 7 nitrogen and oxygen atoms in total. The Labute approximate surface area is 117 Å². The zero-order chi connectivity index (χ0) is 14.0. The first-order valence-electron chi connectivity index (χ1n) is 4.71. The molecule has 0 atom stereocenters. The van der Waals surface area contributed by atoms with E-state index in [2.05, 4.69) is 14.7 Å². The molecular formula is C9H6ClN3O4S2. The molecule has 2 heterocycles. The Morgan fingerprint density at radius 3 is 2.68 bits per heavy atom. The van der Waals surface area contributed by atoms with Crippen LogP contribution < -0.4 is 4.72 Å². The number of nitrogens with one attached hydrogen (secondary N) is 1. The molecule has 0 radical (unpaired) electrons. The van der Waals surface area contributed by atoms with E-state index in [1.165, 1.54) is 6.20 Å². The van der Waals surface area contributed by atoms with Crippen LogP contribution in [0.1, 0.15) is 10.4 Å². The molecule has 0 amide bonds. The summed E-state index contributed by atoms with van der Waals surface area (Å²) in [5.41, 5.74) is -0.0769. The van der Waals surface area contributed by atoms with Crippen molar-refractivity contribution in [3.63, 3.8) is 0 Å². The Morgan fingerprint density at radius 2 is 2.11 bits per heavy atom. The number of anilines is 1. The highest BCUT2D eigenvalue weighted by atomic mass is 35.5. The third-order valence-corrected chi connectivity index (χ3v) is 4.92. The molecule has 0 saturated heterocycles. The molecule has 0 fully saturated rings. The van der Waals surface area contributed by atoms with Gasteiger partial charge in [0.1, 0.15) is 0 Å². The molecule has 0 saturated carbocycles. The van der Waals surface area contributed by atoms with E-state index in [4.69, 9.17) is 16.7 Å². The second kappa shape index (κ2) is 5.11. The minimum Gasteiger partial charge on any atom is -0.478 e. The highest BCUT2D eigenvalue weighted by molar-refractivity contribution is 7.94. The number of sulfonamides is 1. The lowest BCUT2D eigenvalue weighted by Gasteiger charge is -2.05. The predicted octanol–water partition coefficient (Wildman–Crippen LogP) is 1.69. The minimum atomic E-state index is -3.85. The van der Waals surface area contributed by atoms with Crippen molar-refractivity contribution in [2.24, 2.45) is 0 Å². The first-order chi connectivity index (χ1) is 8.88. The maximum absolute atomic E-state index is 11.9. The summed E-state index contributed by atoms with van der Waals surface area (Å²) in [5.74, 6) is -1.20. The van der Waals surface area contributed by atoms with Crippen molar-refractivity contribution >= 4 is 44.6 Å². The predicted molar refractivity (Wildman–Crippen MR) is 69.1 cm³/mol. The monoisotopic (exact) mass is 319 g/mol. The molecule has 0 bridgehead atoms. The summed E-state index contributed by atoms with van der Waals surface area (Å²) in [6.07, 6.45) is 3.43. The van der Waals surface area contributed by atoms with Gasteiger partial charge in [0.25, 0.3) is 10.0 Å². The van der Waals surface area contributed by atoms with Crippen LogP contribution in [0.4, 0.5) is 5.69 Å². The van der Waals surface area contributed by atoms with Gasteiger partial charge in [-0.1, -0.05) is 22.9 Å². The fourth-order valence-corrected chi connectivity index (χ4v) is 3.51. The van der Waals surface area contributed by atoms with Crippen LogP contribution >= 0.6 is 22.9 Å². The molecule has 0 unspecified atom stereocenters. The number of thiazole rings is 1. The van der Waals surface area contributed by atoms with Crippen molar-refractivity contribution < 1.29 is 18.3 Å². The minimum absolute atomic E-state index is 0.0458. The van der Waals surface area contributed by atoms with Crippen LogP contribution in [0.25, 0.3) is 0 Å². The number of halogens is 1. The van der Waals surface area contributed by atoms with Crippen LogP contribution in [0.2, 0.25) is 4.47 Å². The normalized spacial score (nSPS) is 11.2. The van der Waals surface area contributed by atoms with Gasteiger partial charge in [0.15, 0.2) is 8.68 Å². The van der Waals surface area contributed by atoms with Gasteiger partial charge in [-0.2, -0.15) is 0 Å².